The molecule has 0 radical (unpaired) electrons. The Bertz CT molecular complexity index is 2490. The van der Waals surface area contributed by atoms with E-state index in [1.54, 1.807) is 11.1 Å². The van der Waals surface area contributed by atoms with Crippen molar-refractivity contribution in [3.05, 3.63) is 181 Å². The van der Waals surface area contributed by atoms with Crippen LogP contribution in [0.4, 0.5) is 0 Å². The summed E-state index contributed by atoms with van der Waals surface area (Å²) >= 11 is 0. The molecule has 0 amide bonds. The number of aromatic nitrogens is 1. The van der Waals surface area contributed by atoms with Gasteiger partial charge >= 0.3 is 0 Å². The molecule has 6 aromatic carbocycles. The number of nitrogens with zero attached hydrogens (tertiary/aromatic N) is 1. The average molecular weight is 711 g/mol. The molecule has 0 unspecified atom stereocenters. The van der Waals surface area contributed by atoms with Gasteiger partial charge in [0.15, 0.2) is 11.7 Å². The molecule has 11 rings (SSSR count). The van der Waals surface area contributed by atoms with Crippen molar-refractivity contribution in [1.29, 1.82) is 0 Å². The van der Waals surface area contributed by atoms with E-state index in [2.05, 4.69) is 188 Å². The lowest BCUT2D eigenvalue weighted by molar-refractivity contribution is -0.744. The molecule has 3 aliphatic carbocycles. The van der Waals surface area contributed by atoms with Gasteiger partial charge in [-0.15, -0.1) is 0 Å². The third-order valence-electron chi connectivity index (χ3n) is 13.2. The predicted octanol–water partition coefficient (Wildman–Crippen LogP) is 14.3. The van der Waals surface area contributed by atoms with Gasteiger partial charge in [0.25, 0.3) is 0 Å². The number of allylic oxidation sites excluding steroid dienone is 1. The molecule has 268 valence electrons. The first kappa shape index (κ1) is 33.8. The van der Waals surface area contributed by atoms with Crippen molar-refractivity contribution >= 4 is 6.08 Å². The lowest BCUT2D eigenvalue weighted by Crippen LogP contribution is -2.56. The van der Waals surface area contributed by atoms with Gasteiger partial charge in [-0.2, -0.15) is 4.57 Å². The molecule has 0 saturated heterocycles. The first-order chi connectivity index (χ1) is 27.1. The van der Waals surface area contributed by atoms with Gasteiger partial charge in [-0.05, 0) is 147 Å². The summed E-state index contributed by atoms with van der Waals surface area (Å²) in [6.45, 7) is 4.74. The SMILES string of the molecule is CCC1(CC)C=Cc2cc(-c3ccccc3)c(-c3cccc(-c4cc(-c5ccccc5)cc(-c5ccccc5)c4)c3)cc2-c2cc3c(c[n+]21)C1CCC3CC1. The zero-order chi connectivity index (χ0) is 36.9. The molecule has 1 heteroatoms. The van der Waals surface area contributed by atoms with E-state index in [9.17, 15) is 0 Å². The van der Waals surface area contributed by atoms with Crippen LogP contribution in [0.3, 0.4) is 0 Å². The highest BCUT2D eigenvalue weighted by Gasteiger charge is 2.43. The van der Waals surface area contributed by atoms with Crippen LogP contribution in [0.5, 0.6) is 0 Å². The first-order valence-corrected chi connectivity index (χ1v) is 20.5. The summed E-state index contributed by atoms with van der Waals surface area (Å²) < 4.78 is 2.69. The van der Waals surface area contributed by atoms with Crippen LogP contribution in [-0.2, 0) is 5.54 Å². The van der Waals surface area contributed by atoms with E-state index in [-0.39, 0.29) is 5.54 Å². The van der Waals surface area contributed by atoms with Gasteiger partial charge in [-0.3, -0.25) is 0 Å². The average Bonchev–Trinajstić information content (AvgIpc) is 3.40. The largest absolute Gasteiger partial charge is 0.214 e. The van der Waals surface area contributed by atoms with Gasteiger partial charge in [0.2, 0.25) is 5.69 Å². The van der Waals surface area contributed by atoms with E-state index in [0.29, 0.717) is 11.8 Å². The molecule has 0 N–H and O–H groups in total. The van der Waals surface area contributed by atoms with Gasteiger partial charge in [0, 0.05) is 24.5 Å². The van der Waals surface area contributed by atoms with Crippen LogP contribution in [0.1, 0.15) is 80.9 Å². The smallest absolute Gasteiger partial charge is 0.189 e. The molecule has 2 heterocycles. The molecule has 2 bridgehead atoms. The van der Waals surface area contributed by atoms with Crippen LogP contribution < -0.4 is 4.57 Å². The highest BCUT2D eigenvalue weighted by Crippen LogP contribution is 2.51. The van der Waals surface area contributed by atoms with Gasteiger partial charge in [-0.1, -0.05) is 129 Å². The number of fused-ring (bicyclic) bond motifs is 5. The number of pyridine rings is 1. The Labute approximate surface area is 326 Å². The summed E-state index contributed by atoms with van der Waals surface area (Å²) in [6.07, 6.45) is 15.0. The Hall–Kier alpha value is -5.79. The van der Waals surface area contributed by atoms with Crippen molar-refractivity contribution < 1.29 is 4.57 Å². The maximum atomic E-state index is 2.69. The number of benzene rings is 6. The Morgan fingerprint density at radius 3 is 1.55 bits per heavy atom. The highest BCUT2D eigenvalue weighted by atomic mass is 15.1. The van der Waals surface area contributed by atoms with Gasteiger partial charge in [-0.25, -0.2) is 0 Å². The normalized spacial score (nSPS) is 17.6. The summed E-state index contributed by atoms with van der Waals surface area (Å²) in [5.74, 6) is 1.40. The fourth-order valence-corrected chi connectivity index (χ4v) is 10.0. The van der Waals surface area contributed by atoms with Crippen LogP contribution in [0.2, 0.25) is 0 Å². The quantitative estimate of drug-likeness (QED) is 0.145. The van der Waals surface area contributed by atoms with E-state index in [1.807, 2.05) is 0 Å². The Kier molecular flexibility index (Phi) is 8.47. The van der Waals surface area contributed by atoms with E-state index in [1.165, 1.54) is 98.1 Å². The molecule has 1 aliphatic heterocycles. The molecule has 4 aliphatic rings. The molecule has 7 aromatic rings. The number of hydrogen-bond donors (Lipinski definition) is 0. The molecule has 0 atom stereocenters. The van der Waals surface area contributed by atoms with Crippen LogP contribution in [-0.4, -0.2) is 0 Å². The lowest BCUT2D eigenvalue weighted by Gasteiger charge is -2.38. The standard InChI is InChI=1S/C54H48N/c1-3-54(4-2)28-27-44-33-48(39-19-12-7-13-20-39)49(34-51(44)53-35-50-40-23-25-41(26-24-40)52(50)36-55(53)54)43-22-14-21-42(29-43)47-31-45(37-15-8-5-9-16-37)30-46(32-47)38-17-10-6-11-18-38/h5-22,27-36,40-41H,3-4,23-26H2,1-2H3/q+1. The summed E-state index contributed by atoms with van der Waals surface area (Å²) in [7, 11) is 0. The fraction of sp³-hybridized carbons (Fsp3) is 0.204. The van der Waals surface area contributed by atoms with Crippen molar-refractivity contribution in [2.45, 2.75) is 69.7 Å². The minimum absolute atomic E-state index is 0.0622. The Morgan fingerprint density at radius 2 is 0.945 bits per heavy atom. The third kappa shape index (κ3) is 5.89. The lowest BCUT2D eigenvalue weighted by atomic mass is 9.67. The molecule has 1 aromatic heterocycles. The van der Waals surface area contributed by atoms with Crippen molar-refractivity contribution in [3.63, 3.8) is 0 Å². The van der Waals surface area contributed by atoms with Crippen LogP contribution >= 0.6 is 0 Å². The predicted molar refractivity (Wildman–Crippen MR) is 231 cm³/mol. The topological polar surface area (TPSA) is 3.88 Å². The van der Waals surface area contributed by atoms with E-state index in [4.69, 9.17) is 0 Å². The van der Waals surface area contributed by atoms with Gasteiger partial charge in [0.05, 0.1) is 5.56 Å². The Morgan fingerprint density at radius 1 is 0.455 bits per heavy atom. The van der Waals surface area contributed by atoms with E-state index in [0.717, 1.165) is 12.8 Å². The van der Waals surface area contributed by atoms with Gasteiger partial charge < -0.3 is 0 Å². The summed E-state index contributed by atoms with van der Waals surface area (Å²) in [5, 5.41) is 0. The minimum atomic E-state index is -0.0622. The second-order valence-electron chi connectivity index (χ2n) is 16.1. The molecule has 1 saturated carbocycles. The molecular weight excluding hydrogens is 663 g/mol. The Balaban J connectivity index is 1.18. The highest BCUT2D eigenvalue weighted by molar-refractivity contribution is 5.92. The molecule has 1 fully saturated rings. The molecular formula is C54H48N+. The maximum Gasteiger partial charge on any atom is 0.214 e. The first-order valence-electron chi connectivity index (χ1n) is 20.5. The minimum Gasteiger partial charge on any atom is -0.189 e. The second kappa shape index (κ2) is 13.8. The third-order valence-corrected chi connectivity index (χ3v) is 13.2. The molecule has 1 nitrogen and oxygen atoms in total. The summed E-state index contributed by atoms with van der Waals surface area (Å²) in [4.78, 5) is 0. The van der Waals surface area contributed by atoms with Crippen LogP contribution in [0.25, 0.3) is 73.0 Å². The summed E-state index contributed by atoms with van der Waals surface area (Å²) in [6, 6.07) is 56.5. The van der Waals surface area contributed by atoms with Gasteiger partial charge in [0.1, 0.15) is 0 Å². The van der Waals surface area contributed by atoms with Crippen LogP contribution in [0, 0.1) is 0 Å². The van der Waals surface area contributed by atoms with Crippen molar-refractivity contribution in [2.75, 3.05) is 0 Å². The van der Waals surface area contributed by atoms with Crippen molar-refractivity contribution in [3.8, 4) is 66.9 Å². The molecule has 0 spiro atoms. The van der Waals surface area contributed by atoms with Crippen molar-refractivity contribution in [2.24, 2.45) is 0 Å². The monoisotopic (exact) mass is 710 g/mol. The number of rotatable bonds is 7. The summed E-state index contributed by atoms with van der Waals surface area (Å²) in [5.41, 5.74) is 19.6. The van der Waals surface area contributed by atoms with Crippen molar-refractivity contribution in [1.82, 2.24) is 0 Å². The maximum absolute atomic E-state index is 2.69. The second-order valence-corrected chi connectivity index (χ2v) is 16.1. The van der Waals surface area contributed by atoms with E-state index >= 15 is 0 Å². The number of hydrogen-bond acceptors (Lipinski definition) is 0. The van der Waals surface area contributed by atoms with E-state index < -0.39 is 0 Å². The molecule has 55 heavy (non-hydrogen) atoms. The zero-order valence-corrected chi connectivity index (χ0v) is 32.0. The van der Waals surface area contributed by atoms with Crippen LogP contribution in [0.15, 0.2) is 164 Å². The zero-order valence-electron chi connectivity index (χ0n) is 32.0. The fourth-order valence-electron chi connectivity index (χ4n) is 10.0.